The maximum atomic E-state index is 13.0. The van der Waals surface area contributed by atoms with E-state index in [9.17, 15) is 9.59 Å². The molecule has 4 rings (SSSR count). The van der Waals surface area contributed by atoms with Crippen molar-refractivity contribution in [1.82, 2.24) is 0 Å². The Morgan fingerprint density at radius 3 is 2.68 bits per heavy atom. The molecular weight excluding hydrogens is 356 g/mol. The van der Waals surface area contributed by atoms with Crippen molar-refractivity contribution >= 4 is 23.2 Å². The zero-order chi connectivity index (χ0) is 19.7. The van der Waals surface area contributed by atoms with E-state index < -0.39 is 0 Å². The largest absolute Gasteiger partial charge is 0.497 e. The summed E-state index contributed by atoms with van der Waals surface area (Å²) >= 11 is 0. The number of benzene rings is 2. The van der Waals surface area contributed by atoms with Gasteiger partial charge in [0.25, 0.3) is 0 Å². The van der Waals surface area contributed by atoms with Gasteiger partial charge < -0.3 is 19.7 Å². The smallest absolute Gasteiger partial charge is 0.230 e. The molecule has 1 aliphatic heterocycles. The van der Waals surface area contributed by atoms with Gasteiger partial charge >= 0.3 is 0 Å². The Balaban J connectivity index is 1.43. The molecule has 1 N–H and O–H groups in total. The topological polar surface area (TPSA) is 67.9 Å². The number of fused-ring (bicyclic) bond motifs is 1. The molecule has 2 atom stereocenters. The molecule has 0 radical (unpaired) electrons. The van der Waals surface area contributed by atoms with Crippen LogP contribution in [0.25, 0.3) is 0 Å². The predicted molar refractivity (Wildman–Crippen MR) is 107 cm³/mol. The van der Waals surface area contributed by atoms with Crippen LogP contribution < -0.4 is 19.7 Å². The number of para-hydroxylation sites is 1. The molecule has 6 heteroatoms. The predicted octanol–water partition coefficient (Wildman–Crippen LogP) is 3.26. The second kappa shape index (κ2) is 7.54. The molecule has 28 heavy (non-hydrogen) atoms. The van der Waals surface area contributed by atoms with Crippen LogP contribution >= 0.6 is 0 Å². The Bertz CT molecular complexity index is 911. The summed E-state index contributed by atoms with van der Waals surface area (Å²) in [7, 11) is 3.12. The summed E-state index contributed by atoms with van der Waals surface area (Å²) in [6, 6.07) is 13.2. The van der Waals surface area contributed by atoms with E-state index in [1.165, 1.54) is 5.56 Å². The fourth-order valence-corrected chi connectivity index (χ4v) is 3.85. The van der Waals surface area contributed by atoms with Gasteiger partial charge in [0.15, 0.2) is 0 Å². The molecule has 2 aromatic carbocycles. The van der Waals surface area contributed by atoms with E-state index in [0.29, 0.717) is 30.2 Å². The minimum atomic E-state index is -0.298. The Morgan fingerprint density at radius 1 is 1.07 bits per heavy atom. The average Bonchev–Trinajstić information content (AvgIpc) is 3.54. The fourth-order valence-electron chi connectivity index (χ4n) is 3.85. The van der Waals surface area contributed by atoms with Crippen molar-refractivity contribution in [3.05, 3.63) is 48.0 Å². The lowest BCUT2D eigenvalue weighted by Gasteiger charge is -2.29. The summed E-state index contributed by atoms with van der Waals surface area (Å²) in [6.07, 6.45) is 2.53. The zero-order valence-corrected chi connectivity index (χ0v) is 16.1. The maximum absolute atomic E-state index is 13.0. The number of rotatable bonds is 5. The molecule has 1 saturated carbocycles. The molecular formula is C22H24N2O4. The molecule has 2 unspecified atom stereocenters. The molecule has 1 heterocycles. The van der Waals surface area contributed by atoms with Gasteiger partial charge in [-0.15, -0.1) is 0 Å². The lowest BCUT2D eigenvalue weighted by Crippen LogP contribution is -2.37. The highest BCUT2D eigenvalue weighted by molar-refractivity contribution is 6.05. The van der Waals surface area contributed by atoms with Gasteiger partial charge in [-0.1, -0.05) is 18.2 Å². The molecule has 2 aromatic rings. The highest BCUT2D eigenvalue weighted by atomic mass is 16.5. The van der Waals surface area contributed by atoms with E-state index in [4.69, 9.17) is 9.47 Å². The normalized spacial score (nSPS) is 20.1. The van der Waals surface area contributed by atoms with Crippen LogP contribution in [0.2, 0.25) is 0 Å². The molecule has 6 nitrogen and oxygen atoms in total. The van der Waals surface area contributed by atoms with Crippen molar-refractivity contribution in [3.63, 3.8) is 0 Å². The van der Waals surface area contributed by atoms with Crippen LogP contribution in [0.1, 0.15) is 18.4 Å². The van der Waals surface area contributed by atoms with Crippen LogP contribution in [0.15, 0.2) is 42.5 Å². The minimum Gasteiger partial charge on any atom is -0.497 e. The third kappa shape index (κ3) is 3.42. The van der Waals surface area contributed by atoms with Crippen LogP contribution in [0, 0.1) is 11.8 Å². The lowest BCUT2D eigenvalue weighted by molar-refractivity contribution is -0.123. The first-order chi connectivity index (χ1) is 13.6. The quantitative estimate of drug-likeness (QED) is 0.865. The molecule has 2 amide bonds. The van der Waals surface area contributed by atoms with Gasteiger partial charge in [-0.05, 0) is 43.0 Å². The molecule has 0 aromatic heterocycles. The van der Waals surface area contributed by atoms with E-state index in [2.05, 4.69) is 11.4 Å². The number of anilines is 2. The van der Waals surface area contributed by atoms with Gasteiger partial charge in [0, 0.05) is 18.3 Å². The van der Waals surface area contributed by atoms with Crippen LogP contribution in [0.3, 0.4) is 0 Å². The Morgan fingerprint density at radius 2 is 1.89 bits per heavy atom. The number of nitrogens with zero attached hydrogens (tertiary/aromatic N) is 1. The molecule has 1 fully saturated rings. The van der Waals surface area contributed by atoms with E-state index in [-0.39, 0.29) is 23.7 Å². The number of hydrogen-bond donors (Lipinski definition) is 1. The lowest BCUT2D eigenvalue weighted by atomic mass is 10.0. The standard InChI is InChI=1S/C22H24N2O4/c1-27-15-9-10-18(20(12-15)28-2)23-21(25)16-13-17(16)22(26)24-11-5-7-14-6-3-4-8-19(14)24/h3-4,6,8-10,12,16-17H,5,7,11,13H2,1-2H3,(H,23,25). The third-order valence-corrected chi connectivity index (χ3v) is 5.49. The van der Waals surface area contributed by atoms with E-state index in [1.807, 2.05) is 23.1 Å². The van der Waals surface area contributed by atoms with E-state index in [0.717, 1.165) is 18.5 Å². The summed E-state index contributed by atoms with van der Waals surface area (Å²) in [5.41, 5.74) is 2.77. The minimum absolute atomic E-state index is 0.0500. The first kappa shape index (κ1) is 18.3. The van der Waals surface area contributed by atoms with Gasteiger partial charge in [-0.3, -0.25) is 9.59 Å². The van der Waals surface area contributed by atoms with Crippen molar-refractivity contribution in [2.75, 3.05) is 31.0 Å². The first-order valence-electron chi connectivity index (χ1n) is 9.54. The van der Waals surface area contributed by atoms with Gasteiger partial charge in [0.1, 0.15) is 11.5 Å². The summed E-state index contributed by atoms with van der Waals surface area (Å²) in [5, 5.41) is 2.89. The first-order valence-corrected chi connectivity index (χ1v) is 9.54. The van der Waals surface area contributed by atoms with Crippen LogP contribution in [-0.4, -0.2) is 32.6 Å². The number of aryl methyl sites for hydroxylation is 1. The number of amides is 2. The second-order valence-electron chi connectivity index (χ2n) is 7.23. The van der Waals surface area contributed by atoms with Gasteiger partial charge in [0.05, 0.1) is 31.7 Å². The van der Waals surface area contributed by atoms with Gasteiger partial charge in [-0.2, -0.15) is 0 Å². The fraction of sp³-hybridized carbons (Fsp3) is 0.364. The Hall–Kier alpha value is -3.02. The Labute approximate surface area is 164 Å². The third-order valence-electron chi connectivity index (χ3n) is 5.49. The number of methoxy groups -OCH3 is 2. The van der Waals surface area contributed by atoms with Crippen molar-refractivity contribution in [1.29, 1.82) is 0 Å². The SMILES string of the molecule is COc1ccc(NC(=O)C2CC2C(=O)N2CCCc3ccccc32)c(OC)c1. The van der Waals surface area contributed by atoms with Crippen LogP contribution in [0.5, 0.6) is 11.5 Å². The molecule has 0 saturated heterocycles. The summed E-state index contributed by atoms with van der Waals surface area (Å²) in [6.45, 7) is 0.715. The van der Waals surface area contributed by atoms with Crippen molar-refractivity contribution in [3.8, 4) is 11.5 Å². The van der Waals surface area contributed by atoms with Crippen LogP contribution in [-0.2, 0) is 16.0 Å². The number of nitrogens with one attached hydrogen (secondary N) is 1. The van der Waals surface area contributed by atoms with Crippen LogP contribution in [0.4, 0.5) is 11.4 Å². The highest BCUT2D eigenvalue weighted by Gasteiger charge is 2.50. The van der Waals surface area contributed by atoms with Gasteiger partial charge in [-0.25, -0.2) is 0 Å². The Kier molecular flexibility index (Phi) is 4.94. The summed E-state index contributed by atoms with van der Waals surface area (Å²) < 4.78 is 10.5. The average molecular weight is 380 g/mol. The highest BCUT2D eigenvalue weighted by Crippen LogP contribution is 2.43. The number of carbonyl (C=O) groups is 2. The van der Waals surface area contributed by atoms with E-state index >= 15 is 0 Å². The van der Waals surface area contributed by atoms with Crippen molar-refractivity contribution < 1.29 is 19.1 Å². The summed E-state index contributed by atoms with van der Waals surface area (Å²) in [5.74, 6) is 0.532. The molecule has 146 valence electrons. The second-order valence-corrected chi connectivity index (χ2v) is 7.23. The maximum Gasteiger partial charge on any atom is 0.230 e. The van der Waals surface area contributed by atoms with Crippen molar-refractivity contribution in [2.45, 2.75) is 19.3 Å². The monoisotopic (exact) mass is 380 g/mol. The summed E-state index contributed by atoms with van der Waals surface area (Å²) in [4.78, 5) is 27.5. The number of ether oxygens (including phenoxy) is 2. The molecule has 0 bridgehead atoms. The molecule has 0 spiro atoms. The van der Waals surface area contributed by atoms with Crippen molar-refractivity contribution in [2.24, 2.45) is 11.8 Å². The zero-order valence-electron chi connectivity index (χ0n) is 16.1. The number of carbonyl (C=O) groups excluding carboxylic acids is 2. The van der Waals surface area contributed by atoms with E-state index in [1.54, 1.807) is 32.4 Å². The molecule has 2 aliphatic rings. The molecule has 1 aliphatic carbocycles. The van der Waals surface area contributed by atoms with Gasteiger partial charge in [0.2, 0.25) is 11.8 Å². The number of hydrogen-bond acceptors (Lipinski definition) is 4.